The van der Waals surface area contributed by atoms with Crippen molar-refractivity contribution >= 4 is 15.9 Å². The second-order valence-corrected chi connectivity index (χ2v) is 5.77. The van der Waals surface area contributed by atoms with E-state index in [0.717, 1.165) is 28.0 Å². The monoisotopic (exact) mass is 323 g/mol. The molecular formula is C14H18BrN3O. The van der Waals surface area contributed by atoms with Gasteiger partial charge in [-0.25, -0.2) is 4.98 Å². The summed E-state index contributed by atoms with van der Waals surface area (Å²) < 4.78 is 2.99. The van der Waals surface area contributed by atoms with Gasteiger partial charge in [0, 0.05) is 36.0 Å². The minimum atomic E-state index is 0.370. The number of phenols is 1. The van der Waals surface area contributed by atoms with Crippen LogP contribution in [0.25, 0.3) is 0 Å². The average Bonchev–Trinajstić information content (AvgIpc) is 2.71. The van der Waals surface area contributed by atoms with E-state index in [-0.39, 0.29) is 0 Å². The van der Waals surface area contributed by atoms with E-state index in [2.05, 4.69) is 25.8 Å². The predicted octanol–water partition coefficient (Wildman–Crippen LogP) is 2.83. The van der Waals surface area contributed by atoms with Crippen molar-refractivity contribution < 1.29 is 5.11 Å². The maximum atomic E-state index is 10.1. The van der Waals surface area contributed by atoms with E-state index in [1.165, 1.54) is 0 Å². The Morgan fingerprint density at radius 2 is 2.11 bits per heavy atom. The summed E-state index contributed by atoms with van der Waals surface area (Å²) in [6, 6.07) is 3.87. The first-order valence-electron chi connectivity index (χ1n) is 6.10. The summed E-state index contributed by atoms with van der Waals surface area (Å²) in [5.41, 5.74) is 1.80. The number of halogens is 1. The van der Waals surface area contributed by atoms with Crippen LogP contribution >= 0.6 is 15.9 Å². The highest BCUT2D eigenvalue weighted by molar-refractivity contribution is 9.10. The molecule has 0 bridgehead atoms. The molecule has 102 valence electrons. The number of hydrogen-bond acceptors (Lipinski definition) is 3. The lowest BCUT2D eigenvalue weighted by molar-refractivity contribution is 0.301. The SMILES string of the molecule is Cc1cc(Br)cc(CN(C)Cc2nccn2C)c1O. The summed E-state index contributed by atoms with van der Waals surface area (Å²) in [6.45, 7) is 3.33. The van der Waals surface area contributed by atoms with Gasteiger partial charge in [0.2, 0.25) is 0 Å². The predicted molar refractivity (Wildman–Crippen MR) is 78.9 cm³/mol. The zero-order valence-corrected chi connectivity index (χ0v) is 13.0. The molecule has 1 N–H and O–H groups in total. The Balaban J connectivity index is 2.11. The van der Waals surface area contributed by atoms with Crippen molar-refractivity contribution in [2.75, 3.05) is 7.05 Å². The topological polar surface area (TPSA) is 41.3 Å². The van der Waals surface area contributed by atoms with E-state index >= 15 is 0 Å². The number of aromatic nitrogens is 2. The van der Waals surface area contributed by atoms with E-state index in [1.54, 1.807) is 6.20 Å². The molecule has 0 aliphatic heterocycles. The Morgan fingerprint density at radius 1 is 1.37 bits per heavy atom. The molecule has 0 fully saturated rings. The quantitative estimate of drug-likeness (QED) is 0.940. The van der Waals surface area contributed by atoms with Crippen LogP contribution in [0.4, 0.5) is 0 Å². The summed E-state index contributed by atoms with van der Waals surface area (Å²) in [5.74, 6) is 1.38. The first-order chi connectivity index (χ1) is 8.97. The summed E-state index contributed by atoms with van der Waals surface area (Å²) in [6.07, 6.45) is 3.73. The van der Waals surface area contributed by atoms with E-state index in [0.29, 0.717) is 12.3 Å². The minimum absolute atomic E-state index is 0.370. The lowest BCUT2D eigenvalue weighted by atomic mass is 10.1. The summed E-state index contributed by atoms with van der Waals surface area (Å²) in [7, 11) is 4.00. The number of rotatable bonds is 4. The van der Waals surface area contributed by atoms with E-state index in [1.807, 2.05) is 43.9 Å². The van der Waals surface area contributed by atoms with Crippen LogP contribution in [0.15, 0.2) is 29.0 Å². The number of benzene rings is 1. The van der Waals surface area contributed by atoms with Crippen LogP contribution in [0.1, 0.15) is 17.0 Å². The van der Waals surface area contributed by atoms with Gasteiger partial charge in [-0.1, -0.05) is 15.9 Å². The van der Waals surface area contributed by atoms with Crippen molar-refractivity contribution in [2.45, 2.75) is 20.0 Å². The smallest absolute Gasteiger partial charge is 0.123 e. The van der Waals surface area contributed by atoms with Crippen LogP contribution in [0, 0.1) is 6.92 Å². The highest BCUT2D eigenvalue weighted by Crippen LogP contribution is 2.27. The molecule has 1 aromatic heterocycles. The number of aryl methyl sites for hydroxylation is 2. The third kappa shape index (κ3) is 3.36. The molecule has 0 saturated heterocycles. The van der Waals surface area contributed by atoms with Crippen molar-refractivity contribution in [3.8, 4) is 5.75 Å². The third-order valence-electron chi connectivity index (χ3n) is 3.12. The summed E-state index contributed by atoms with van der Waals surface area (Å²) >= 11 is 3.46. The average molecular weight is 324 g/mol. The Bertz CT molecular complexity index is 580. The molecule has 0 radical (unpaired) electrons. The fraction of sp³-hybridized carbons (Fsp3) is 0.357. The molecule has 0 aliphatic rings. The first kappa shape index (κ1) is 14.1. The van der Waals surface area contributed by atoms with Crippen molar-refractivity contribution in [3.63, 3.8) is 0 Å². The molecule has 0 aliphatic carbocycles. The third-order valence-corrected chi connectivity index (χ3v) is 3.57. The molecule has 2 aromatic rings. The largest absolute Gasteiger partial charge is 0.507 e. The van der Waals surface area contributed by atoms with Crippen molar-refractivity contribution in [3.05, 3.63) is 46.0 Å². The van der Waals surface area contributed by atoms with Crippen LogP contribution in [0.3, 0.4) is 0 Å². The standard InChI is InChI=1S/C14H18BrN3O/c1-10-6-12(15)7-11(14(10)19)8-17(2)9-13-16-4-5-18(13)3/h4-7,19H,8-9H2,1-3H3. The van der Waals surface area contributed by atoms with Crippen molar-refractivity contribution in [1.82, 2.24) is 14.5 Å². The molecule has 0 spiro atoms. The molecule has 1 heterocycles. The fourth-order valence-corrected chi connectivity index (χ4v) is 2.68. The number of hydrogen-bond donors (Lipinski definition) is 1. The Labute approximate surface area is 121 Å². The van der Waals surface area contributed by atoms with Crippen LogP contribution < -0.4 is 0 Å². The second kappa shape index (κ2) is 5.75. The number of nitrogens with zero attached hydrogens (tertiary/aromatic N) is 3. The van der Waals surface area contributed by atoms with E-state index < -0.39 is 0 Å². The molecular weight excluding hydrogens is 306 g/mol. The van der Waals surface area contributed by atoms with Crippen LogP contribution in [0.2, 0.25) is 0 Å². The van der Waals surface area contributed by atoms with Gasteiger partial charge in [-0.2, -0.15) is 0 Å². The molecule has 0 atom stereocenters. The molecule has 19 heavy (non-hydrogen) atoms. The van der Waals surface area contributed by atoms with Gasteiger partial charge < -0.3 is 9.67 Å². The van der Waals surface area contributed by atoms with Gasteiger partial charge in [0.1, 0.15) is 11.6 Å². The molecule has 1 aromatic carbocycles. The Morgan fingerprint density at radius 3 is 2.74 bits per heavy atom. The number of aromatic hydroxyl groups is 1. The number of phenolic OH excluding ortho intramolecular Hbond substituents is 1. The van der Waals surface area contributed by atoms with Gasteiger partial charge in [0.25, 0.3) is 0 Å². The molecule has 0 unspecified atom stereocenters. The van der Waals surface area contributed by atoms with Gasteiger partial charge in [-0.3, -0.25) is 4.90 Å². The van der Waals surface area contributed by atoms with Crippen molar-refractivity contribution in [2.24, 2.45) is 7.05 Å². The fourth-order valence-electron chi connectivity index (χ4n) is 2.06. The van der Waals surface area contributed by atoms with Crippen LogP contribution in [-0.4, -0.2) is 26.6 Å². The van der Waals surface area contributed by atoms with Gasteiger partial charge in [-0.05, 0) is 31.7 Å². The van der Waals surface area contributed by atoms with Gasteiger partial charge >= 0.3 is 0 Å². The lowest BCUT2D eigenvalue weighted by Crippen LogP contribution is -2.19. The van der Waals surface area contributed by atoms with Crippen LogP contribution in [0.5, 0.6) is 5.75 Å². The molecule has 4 nitrogen and oxygen atoms in total. The number of imidazole rings is 1. The maximum absolute atomic E-state index is 10.1. The minimum Gasteiger partial charge on any atom is -0.507 e. The van der Waals surface area contributed by atoms with E-state index in [9.17, 15) is 5.11 Å². The maximum Gasteiger partial charge on any atom is 0.123 e. The normalized spacial score (nSPS) is 11.2. The Hall–Kier alpha value is -1.33. The lowest BCUT2D eigenvalue weighted by Gasteiger charge is -2.18. The highest BCUT2D eigenvalue weighted by Gasteiger charge is 2.10. The van der Waals surface area contributed by atoms with Crippen molar-refractivity contribution in [1.29, 1.82) is 0 Å². The van der Waals surface area contributed by atoms with Gasteiger partial charge in [-0.15, -0.1) is 0 Å². The zero-order chi connectivity index (χ0) is 14.0. The van der Waals surface area contributed by atoms with Crippen LogP contribution in [-0.2, 0) is 20.1 Å². The highest BCUT2D eigenvalue weighted by atomic mass is 79.9. The van der Waals surface area contributed by atoms with E-state index in [4.69, 9.17) is 0 Å². The molecule has 2 rings (SSSR count). The molecule has 0 amide bonds. The zero-order valence-electron chi connectivity index (χ0n) is 11.4. The first-order valence-corrected chi connectivity index (χ1v) is 6.89. The second-order valence-electron chi connectivity index (χ2n) is 4.86. The summed E-state index contributed by atoms with van der Waals surface area (Å²) in [5, 5.41) is 10.1. The van der Waals surface area contributed by atoms with Gasteiger partial charge in [0.05, 0.1) is 6.54 Å². The summed E-state index contributed by atoms with van der Waals surface area (Å²) in [4.78, 5) is 6.43. The molecule has 5 heteroatoms. The Kier molecular flexibility index (Phi) is 4.27. The van der Waals surface area contributed by atoms with Gasteiger partial charge in [0.15, 0.2) is 0 Å². The molecule has 0 saturated carbocycles.